The lowest BCUT2D eigenvalue weighted by Gasteiger charge is -2.31. The number of pyridine rings is 2. The lowest BCUT2D eigenvalue weighted by Crippen LogP contribution is -2.37. The van der Waals surface area contributed by atoms with Gasteiger partial charge < -0.3 is 9.15 Å². The van der Waals surface area contributed by atoms with Gasteiger partial charge in [-0.15, -0.1) is 5.10 Å². The van der Waals surface area contributed by atoms with Crippen molar-refractivity contribution in [2.75, 3.05) is 19.7 Å². The number of nitrogens with zero attached hydrogens (tertiary/aromatic N) is 5. The maximum atomic E-state index is 6.00. The Hall–Kier alpha value is -3.03. The molecular weight excluding hydrogens is 342 g/mol. The van der Waals surface area contributed by atoms with Gasteiger partial charge in [0.1, 0.15) is 17.6 Å². The Morgan fingerprint density at radius 2 is 2.11 bits per heavy atom. The average molecular weight is 361 g/mol. The molecule has 4 aromatic rings. The zero-order valence-electron chi connectivity index (χ0n) is 14.7. The molecule has 27 heavy (non-hydrogen) atoms. The summed E-state index contributed by atoms with van der Waals surface area (Å²) in [6, 6.07) is 12.0. The van der Waals surface area contributed by atoms with Crippen LogP contribution in [0.15, 0.2) is 65.7 Å². The Bertz CT molecular complexity index is 1030. The van der Waals surface area contributed by atoms with Crippen LogP contribution in [0.5, 0.6) is 0 Å². The van der Waals surface area contributed by atoms with Crippen molar-refractivity contribution in [1.82, 2.24) is 24.7 Å². The Morgan fingerprint density at radius 1 is 1.11 bits per heavy atom. The Labute approximate surface area is 156 Å². The largest absolute Gasteiger partial charge is 0.468 e. The molecule has 0 aliphatic carbocycles. The highest BCUT2D eigenvalue weighted by molar-refractivity contribution is 5.65. The van der Waals surface area contributed by atoms with Crippen LogP contribution in [0, 0.1) is 0 Å². The van der Waals surface area contributed by atoms with Gasteiger partial charge >= 0.3 is 0 Å². The monoisotopic (exact) mass is 361 g/mol. The van der Waals surface area contributed by atoms with Crippen molar-refractivity contribution < 1.29 is 9.15 Å². The molecule has 5 heterocycles. The minimum atomic E-state index is -0.101. The quantitative estimate of drug-likeness (QED) is 0.557. The van der Waals surface area contributed by atoms with Crippen LogP contribution in [0.2, 0.25) is 0 Å². The molecule has 1 aliphatic rings. The summed E-state index contributed by atoms with van der Waals surface area (Å²) >= 11 is 0. The predicted octanol–water partition coefficient (Wildman–Crippen LogP) is 2.96. The van der Waals surface area contributed by atoms with E-state index in [1.807, 2.05) is 47.2 Å². The normalized spacial score (nSPS) is 18.1. The predicted molar refractivity (Wildman–Crippen MR) is 98.9 cm³/mol. The van der Waals surface area contributed by atoms with Crippen LogP contribution in [0.4, 0.5) is 0 Å². The second-order valence-corrected chi connectivity index (χ2v) is 6.64. The van der Waals surface area contributed by atoms with Crippen molar-refractivity contribution >= 4 is 5.52 Å². The Morgan fingerprint density at radius 3 is 2.96 bits per heavy atom. The highest BCUT2D eigenvalue weighted by Crippen LogP contribution is 2.27. The molecule has 0 saturated carbocycles. The van der Waals surface area contributed by atoms with Crippen LogP contribution in [0.3, 0.4) is 0 Å². The van der Waals surface area contributed by atoms with Crippen molar-refractivity contribution in [3.63, 3.8) is 0 Å². The summed E-state index contributed by atoms with van der Waals surface area (Å²) in [5, 5.41) is 8.72. The zero-order valence-corrected chi connectivity index (χ0v) is 14.7. The molecule has 0 bridgehead atoms. The van der Waals surface area contributed by atoms with Crippen molar-refractivity contribution in [2.45, 2.75) is 12.6 Å². The molecule has 0 aromatic carbocycles. The van der Waals surface area contributed by atoms with Crippen LogP contribution in [0.1, 0.15) is 17.6 Å². The van der Waals surface area contributed by atoms with Gasteiger partial charge in [0.2, 0.25) is 0 Å². The molecule has 0 amide bonds. The smallest absolute Gasteiger partial charge is 0.121 e. The standard InChI is InChI=1S/C20H19N5O2/c1-3-15(11-21-7-1)16-5-6-18-20(22-23-25(18)12-16)19-14-24(8-10-27-19)13-17-4-2-9-26-17/h1-7,9,11-12,19H,8,10,13-14H2/t19-/m1/s1. The van der Waals surface area contributed by atoms with E-state index in [9.17, 15) is 0 Å². The van der Waals surface area contributed by atoms with E-state index >= 15 is 0 Å². The van der Waals surface area contributed by atoms with E-state index in [0.717, 1.165) is 47.7 Å². The van der Waals surface area contributed by atoms with Gasteiger partial charge in [-0.3, -0.25) is 9.88 Å². The molecule has 1 atom stereocenters. The summed E-state index contributed by atoms with van der Waals surface area (Å²) in [4.78, 5) is 6.50. The van der Waals surface area contributed by atoms with Crippen LogP contribution in [-0.2, 0) is 11.3 Å². The molecule has 7 heteroatoms. The van der Waals surface area contributed by atoms with Crippen LogP contribution < -0.4 is 0 Å². The van der Waals surface area contributed by atoms with Crippen molar-refractivity contribution in [3.05, 3.63) is 72.7 Å². The third-order valence-corrected chi connectivity index (χ3v) is 4.85. The summed E-state index contributed by atoms with van der Waals surface area (Å²) in [6.45, 7) is 3.08. The van der Waals surface area contributed by atoms with Crippen LogP contribution >= 0.6 is 0 Å². The highest BCUT2D eigenvalue weighted by atomic mass is 16.5. The first-order valence-electron chi connectivity index (χ1n) is 8.98. The topological polar surface area (TPSA) is 68.7 Å². The average Bonchev–Trinajstić information content (AvgIpc) is 3.38. The number of hydrogen-bond donors (Lipinski definition) is 0. The number of fused-ring (bicyclic) bond motifs is 1. The van der Waals surface area contributed by atoms with Crippen molar-refractivity contribution in [2.24, 2.45) is 0 Å². The second kappa shape index (κ2) is 6.94. The van der Waals surface area contributed by atoms with Gasteiger partial charge in [-0.25, -0.2) is 4.52 Å². The maximum Gasteiger partial charge on any atom is 0.121 e. The van der Waals surface area contributed by atoms with Gasteiger partial charge in [-0.1, -0.05) is 17.3 Å². The number of rotatable bonds is 4. The minimum absolute atomic E-state index is 0.101. The SMILES string of the molecule is c1cncc(-c2ccc3c([C@H]4CN(Cc5ccco5)CCO4)nnn3c2)c1. The molecule has 0 unspecified atom stereocenters. The van der Waals surface area contributed by atoms with E-state index in [2.05, 4.69) is 26.3 Å². The summed E-state index contributed by atoms with van der Waals surface area (Å²) in [5.74, 6) is 0.963. The van der Waals surface area contributed by atoms with E-state index in [1.54, 1.807) is 12.5 Å². The van der Waals surface area contributed by atoms with Gasteiger partial charge in [-0.05, 0) is 24.3 Å². The van der Waals surface area contributed by atoms with E-state index in [1.165, 1.54) is 0 Å². The second-order valence-electron chi connectivity index (χ2n) is 6.64. The molecule has 136 valence electrons. The van der Waals surface area contributed by atoms with Gasteiger partial charge in [0.25, 0.3) is 0 Å². The number of aromatic nitrogens is 4. The zero-order chi connectivity index (χ0) is 18.1. The summed E-state index contributed by atoms with van der Waals surface area (Å²) in [5.41, 5.74) is 3.94. The summed E-state index contributed by atoms with van der Waals surface area (Å²) in [6.07, 6.45) is 7.20. The lowest BCUT2D eigenvalue weighted by atomic mass is 10.1. The fourth-order valence-corrected chi connectivity index (χ4v) is 3.48. The number of ether oxygens (including phenoxy) is 1. The summed E-state index contributed by atoms with van der Waals surface area (Å²) in [7, 11) is 0. The van der Waals surface area contributed by atoms with Crippen LogP contribution in [0.25, 0.3) is 16.6 Å². The van der Waals surface area contributed by atoms with E-state index < -0.39 is 0 Å². The first-order chi connectivity index (χ1) is 13.4. The van der Waals surface area contributed by atoms with E-state index in [-0.39, 0.29) is 6.10 Å². The Balaban J connectivity index is 1.39. The molecule has 1 saturated heterocycles. The van der Waals surface area contributed by atoms with E-state index in [4.69, 9.17) is 9.15 Å². The van der Waals surface area contributed by atoms with Crippen molar-refractivity contribution in [3.8, 4) is 11.1 Å². The fraction of sp³-hybridized carbons (Fsp3) is 0.250. The molecule has 0 N–H and O–H groups in total. The molecule has 0 spiro atoms. The molecule has 5 rings (SSSR count). The number of furan rings is 1. The van der Waals surface area contributed by atoms with E-state index in [0.29, 0.717) is 6.61 Å². The number of hydrogen-bond acceptors (Lipinski definition) is 6. The van der Waals surface area contributed by atoms with Crippen molar-refractivity contribution in [1.29, 1.82) is 0 Å². The van der Waals surface area contributed by atoms with Gasteiger partial charge in [0, 0.05) is 42.8 Å². The van der Waals surface area contributed by atoms with Gasteiger partial charge in [0.05, 0.1) is 24.9 Å². The molecule has 1 fully saturated rings. The maximum absolute atomic E-state index is 6.00. The summed E-state index contributed by atoms with van der Waals surface area (Å²) < 4.78 is 13.3. The third kappa shape index (κ3) is 3.22. The Kier molecular flexibility index (Phi) is 4.16. The lowest BCUT2D eigenvalue weighted by molar-refractivity contribution is -0.0360. The molecule has 7 nitrogen and oxygen atoms in total. The molecule has 4 aromatic heterocycles. The first kappa shape index (κ1) is 16.2. The van der Waals surface area contributed by atoms with Gasteiger partial charge in [-0.2, -0.15) is 0 Å². The van der Waals surface area contributed by atoms with Gasteiger partial charge in [0.15, 0.2) is 0 Å². The fourth-order valence-electron chi connectivity index (χ4n) is 3.48. The molecular formula is C20H19N5O2. The minimum Gasteiger partial charge on any atom is -0.468 e. The highest BCUT2D eigenvalue weighted by Gasteiger charge is 2.26. The number of morpholine rings is 1. The first-order valence-corrected chi connectivity index (χ1v) is 8.98. The van der Waals surface area contributed by atoms with Crippen LogP contribution in [-0.4, -0.2) is 44.4 Å². The third-order valence-electron chi connectivity index (χ3n) is 4.85. The molecule has 1 aliphatic heterocycles. The molecule has 0 radical (unpaired) electrons.